The summed E-state index contributed by atoms with van der Waals surface area (Å²) in [6.45, 7) is 2.94. The molecule has 0 saturated heterocycles. The largest absolute Gasteiger partial charge is 0.472 e. The van der Waals surface area contributed by atoms with E-state index in [0.717, 1.165) is 38.5 Å². The number of ether oxygens (including phenoxy) is 1. The van der Waals surface area contributed by atoms with Gasteiger partial charge in [0.15, 0.2) is 0 Å². The third kappa shape index (κ3) is 20.4. The fraction of sp³-hybridized carbons (Fsp3) is 0.593. The highest BCUT2D eigenvalue weighted by molar-refractivity contribution is 7.47. The van der Waals surface area contributed by atoms with E-state index >= 15 is 0 Å². The predicted molar refractivity (Wildman–Crippen MR) is 145 cm³/mol. The Balaban J connectivity index is 4.16. The summed E-state index contributed by atoms with van der Waals surface area (Å²) < 4.78 is 26.3. The van der Waals surface area contributed by atoms with Crippen molar-refractivity contribution < 1.29 is 33.1 Å². The number of hydrogen-bond acceptors (Lipinski definition) is 7. The van der Waals surface area contributed by atoms with E-state index in [1.165, 1.54) is 0 Å². The molecule has 0 aromatic carbocycles. The molecule has 0 heterocycles. The minimum atomic E-state index is -4.30. The van der Waals surface area contributed by atoms with Crippen LogP contribution in [0.5, 0.6) is 0 Å². The van der Waals surface area contributed by atoms with E-state index in [1.807, 2.05) is 13.0 Å². The van der Waals surface area contributed by atoms with Crippen LogP contribution < -0.4 is 5.73 Å². The van der Waals surface area contributed by atoms with E-state index in [0.29, 0.717) is 12.8 Å². The number of phosphoric acid groups is 1. The van der Waals surface area contributed by atoms with Gasteiger partial charge in [0.1, 0.15) is 6.10 Å². The standard InChI is InChI=1S/C27H46NO7P/c1-3-5-6-7-8-9-10-11-12-13-14-15-16-17-18-19-20-25(4-2)27(30)35-26(23-29)24-34-36(31,32)33-22-21-28/h5-6,8-9,11-12,14-15,17-18,25-26,29H,3-4,7,10,13,16,19-24,28H2,1-2H3,(H,31,32)/t25?,26-/m0/s1. The van der Waals surface area contributed by atoms with Crippen molar-refractivity contribution in [3.8, 4) is 0 Å². The molecule has 0 aliphatic heterocycles. The zero-order valence-corrected chi connectivity index (χ0v) is 22.8. The van der Waals surface area contributed by atoms with Gasteiger partial charge in [0.2, 0.25) is 0 Å². The molecule has 0 aromatic rings. The molecule has 2 unspecified atom stereocenters. The number of aliphatic hydroxyl groups is 1. The van der Waals surface area contributed by atoms with Gasteiger partial charge in [0.25, 0.3) is 0 Å². The van der Waals surface area contributed by atoms with Crippen LogP contribution in [-0.4, -0.2) is 48.4 Å². The second-order valence-electron chi connectivity index (χ2n) is 8.02. The maximum atomic E-state index is 12.4. The molecular weight excluding hydrogens is 481 g/mol. The number of hydrogen-bond donors (Lipinski definition) is 3. The average Bonchev–Trinajstić information content (AvgIpc) is 2.87. The molecular formula is C27H46NO7P. The number of phosphoric ester groups is 1. The Morgan fingerprint density at radius 3 is 1.89 bits per heavy atom. The molecule has 0 bridgehead atoms. The number of esters is 1. The summed E-state index contributed by atoms with van der Waals surface area (Å²) in [7, 11) is -4.30. The quantitative estimate of drug-likeness (QED) is 0.0951. The van der Waals surface area contributed by atoms with Gasteiger partial charge < -0.3 is 20.5 Å². The van der Waals surface area contributed by atoms with Gasteiger partial charge in [0.05, 0.1) is 25.7 Å². The first kappa shape index (κ1) is 34.2. The first-order chi connectivity index (χ1) is 17.4. The lowest BCUT2D eigenvalue weighted by atomic mass is 10.0. The van der Waals surface area contributed by atoms with Crippen LogP contribution in [0.4, 0.5) is 0 Å². The van der Waals surface area contributed by atoms with Crippen molar-refractivity contribution in [3.63, 3.8) is 0 Å². The molecule has 4 N–H and O–H groups in total. The normalized spacial score (nSPS) is 16.0. The van der Waals surface area contributed by atoms with Crippen molar-refractivity contribution in [1.82, 2.24) is 0 Å². The molecule has 0 aromatic heterocycles. The van der Waals surface area contributed by atoms with Gasteiger partial charge in [0, 0.05) is 6.54 Å². The van der Waals surface area contributed by atoms with Crippen LogP contribution in [-0.2, 0) is 23.1 Å². The highest BCUT2D eigenvalue weighted by Gasteiger charge is 2.26. The lowest BCUT2D eigenvalue weighted by Gasteiger charge is -2.20. The Bertz CT molecular complexity index is 746. The van der Waals surface area contributed by atoms with Crippen LogP contribution in [0.1, 0.15) is 65.2 Å². The molecule has 0 radical (unpaired) electrons. The molecule has 0 aliphatic rings. The summed E-state index contributed by atoms with van der Waals surface area (Å²) in [4.78, 5) is 21.9. The fourth-order valence-corrected chi connectivity index (χ4v) is 3.69. The lowest BCUT2D eigenvalue weighted by Crippen LogP contribution is -2.30. The van der Waals surface area contributed by atoms with E-state index in [4.69, 9.17) is 15.0 Å². The summed E-state index contributed by atoms with van der Waals surface area (Å²) in [5.41, 5.74) is 5.21. The molecule has 0 spiro atoms. The predicted octanol–water partition coefficient (Wildman–Crippen LogP) is 5.54. The van der Waals surface area contributed by atoms with Crippen LogP contribution in [0.15, 0.2) is 60.8 Å². The lowest BCUT2D eigenvalue weighted by molar-refractivity contribution is -0.158. The molecule has 8 nitrogen and oxygen atoms in total. The first-order valence-corrected chi connectivity index (χ1v) is 14.3. The highest BCUT2D eigenvalue weighted by atomic mass is 31.2. The van der Waals surface area contributed by atoms with Crippen LogP contribution in [0.25, 0.3) is 0 Å². The Kier molecular flexibility index (Phi) is 22.4. The van der Waals surface area contributed by atoms with Gasteiger partial charge in [-0.1, -0.05) is 74.6 Å². The Labute approximate surface area is 217 Å². The van der Waals surface area contributed by atoms with Gasteiger partial charge in [-0.25, -0.2) is 4.57 Å². The van der Waals surface area contributed by atoms with Gasteiger partial charge in [-0.2, -0.15) is 0 Å². The SMILES string of the molecule is CCC=CCC=CCC=CCC=CCC=CCCC(CC)C(=O)O[C@@H](CO)COP(=O)(O)OCCN. The number of carbonyl (C=O) groups excluding carboxylic acids is 1. The maximum Gasteiger partial charge on any atom is 0.472 e. The van der Waals surface area contributed by atoms with Gasteiger partial charge in [-0.15, -0.1) is 0 Å². The third-order valence-electron chi connectivity index (χ3n) is 4.95. The zero-order chi connectivity index (χ0) is 26.9. The molecule has 0 aliphatic carbocycles. The molecule has 0 amide bonds. The van der Waals surface area contributed by atoms with Crippen LogP contribution in [0.2, 0.25) is 0 Å². The monoisotopic (exact) mass is 527 g/mol. The minimum Gasteiger partial charge on any atom is -0.457 e. The second kappa shape index (κ2) is 23.6. The average molecular weight is 528 g/mol. The van der Waals surface area contributed by atoms with Gasteiger partial charge in [-0.3, -0.25) is 13.8 Å². The van der Waals surface area contributed by atoms with E-state index in [-0.39, 0.29) is 19.1 Å². The highest BCUT2D eigenvalue weighted by Crippen LogP contribution is 2.43. The summed E-state index contributed by atoms with van der Waals surface area (Å²) in [6, 6.07) is 0. The van der Waals surface area contributed by atoms with E-state index in [9.17, 15) is 19.4 Å². The molecule has 0 rings (SSSR count). The smallest absolute Gasteiger partial charge is 0.457 e. The third-order valence-corrected chi connectivity index (χ3v) is 5.93. The van der Waals surface area contributed by atoms with Crippen LogP contribution in [0, 0.1) is 5.92 Å². The maximum absolute atomic E-state index is 12.4. The van der Waals surface area contributed by atoms with E-state index in [2.05, 4.69) is 66.1 Å². The number of allylic oxidation sites excluding steroid dienone is 10. The molecule has 3 atom stereocenters. The summed E-state index contributed by atoms with van der Waals surface area (Å²) in [5, 5.41) is 9.41. The van der Waals surface area contributed by atoms with Crippen LogP contribution >= 0.6 is 7.82 Å². The molecule has 206 valence electrons. The number of carbonyl (C=O) groups is 1. The number of aliphatic hydroxyl groups excluding tert-OH is 1. The summed E-state index contributed by atoms with van der Waals surface area (Å²) >= 11 is 0. The minimum absolute atomic E-state index is 0.0579. The summed E-state index contributed by atoms with van der Waals surface area (Å²) in [5.74, 6) is -0.807. The topological polar surface area (TPSA) is 128 Å². The Hall–Kier alpha value is -1.80. The fourth-order valence-electron chi connectivity index (χ4n) is 2.92. The van der Waals surface area contributed by atoms with E-state index < -0.39 is 33.1 Å². The molecule has 0 fully saturated rings. The van der Waals surface area contributed by atoms with Crippen molar-refractivity contribution in [2.45, 2.75) is 71.3 Å². The van der Waals surface area contributed by atoms with Crippen LogP contribution in [0.3, 0.4) is 0 Å². The molecule has 0 saturated carbocycles. The molecule has 9 heteroatoms. The van der Waals surface area contributed by atoms with Crippen molar-refractivity contribution in [2.24, 2.45) is 11.7 Å². The van der Waals surface area contributed by atoms with Gasteiger partial charge in [-0.05, 0) is 51.4 Å². The second-order valence-corrected chi connectivity index (χ2v) is 9.47. The van der Waals surface area contributed by atoms with Crippen molar-refractivity contribution >= 4 is 13.8 Å². The number of nitrogens with two attached hydrogens (primary N) is 1. The Morgan fingerprint density at radius 2 is 1.42 bits per heavy atom. The van der Waals surface area contributed by atoms with E-state index in [1.54, 1.807) is 0 Å². The van der Waals surface area contributed by atoms with Crippen molar-refractivity contribution in [1.29, 1.82) is 0 Å². The van der Waals surface area contributed by atoms with Gasteiger partial charge >= 0.3 is 13.8 Å². The molecule has 36 heavy (non-hydrogen) atoms. The first-order valence-electron chi connectivity index (χ1n) is 12.8. The number of rotatable bonds is 22. The summed E-state index contributed by atoms with van der Waals surface area (Å²) in [6.07, 6.45) is 27.0. The zero-order valence-electron chi connectivity index (χ0n) is 21.9. The van der Waals surface area contributed by atoms with Crippen molar-refractivity contribution in [3.05, 3.63) is 60.8 Å². The Morgan fingerprint density at radius 1 is 0.889 bits per heavy atom. The van der Waals surface area contributed by atoms with Crippen molar-refractivity contribution in [2.75, 3.05) is 26.4 Å².